The minimum atomic E-state index is -1.03. The lowest BCUT2D eigenvalue weighted by Crippen LogP contribution is -2.18. The summed E-state index contributed by atoms with van der Waals surface area (Å²) in [6.07, 6.45) is -0.305. The zero-order chi connectivity index (χ0) is 21.0. The number of nitrogens with one attached hydrogen (secondary N) is 1. The number of anilines is 1. The number of rotatable bonds is 7. The molecule has 0 fully saturated rings. The van der Waals surface area contributed by atoms with E-state index in [4.69, 9.17) is 0 Å². The SMILES string of the molecule is Cc1ccc(C)n1-c1cccc(NC(=O)CC(CC(=O)O)c2cccc(F)c2)c1. The van der Waals surface area contributed by atoms with Crippen molar-refractivity contribution in [3.8, 4) is 5.69 Å². The molecule has 0 saturated heterocycles. The van der Waals surface area contributed by atoms with E-state index in [1.165, 1.54) is 18.2 Å². The van der Waals surface area contributed by atoms with Crippen molar-refractivity contribution in [3.05, 3.63) is 83.4 Å². The van der Waals surface area contributed by atoms with Crippen molar-refractivity contribution in [2.45, 2.75) is 32.6 Å². The molecule has 1 aromatic heterocycles. The van der Waals surface area contributed by atoms with Gasteiger partial charge >= 0.3 is 5.97 Å². The molecule has 29 heavy (non-hydrogen) atoms. The van der Waals surface area contributed by atoms with Crippen LogP contribution in [0.2, 0.25) is 0 Å². The number of aryl methyl sites for hydroxylation is 2. The zero-order valence-corrected chi connectivity index (χ0v) is 16.4. The third-order valence-electron chi connectivity index (χ3n) is 4.83. The Morgan fingerprint density at radius 1 is 1.00 bits per heavy atom. The second kappa shape index (κ2) is 8.73. The summed E-state index contributed by atoms with van der Waals surface area (Å²) in [7, 11) is 0. The van der Waals surface area contributed by atoms with Gasteiger partial charge in [-0.3, -0.25) is 9.59 Å². The Kier molecular flexibility index (Phi) is 6.12. The molecule has 3 aromatic rings. The van der Waals surface area contributed by atoms with Gasteiger partial charge in [0.2, 0.25) is 5.91 Å². The first-order chi connectivity index (χ1) is 13.8. The van der Waals surface area contributed by atoms with Crippen molar-refractivity contribution in [1.29, 1.82) is 0 Å². The first-order valence-electron chi connectivity index (χ1n) is 9.36. The fourth-order valence-corrected chi connectivity index (χ4v) is 3.51. The highest BCUT2D eigenvalue weighted by Crippen LogP contribution is 2.26. The van der Waals surface area contributed by atoms with E-state index in [9.17, 15) is 19.1 Å². The van der Waals surface area contributed by atoms with Crippen molar-refractivity contribution < 1.29 is 19.1 Å². The predicted molar refractivity (Wildman–Crippen MR) is 110 cm³/mol. The maximum Gasteiger partial charge on any atom is 0.303 e. The lowest BCUT2D eigenvalue weighted by Gasteiger charge is -2.16. The first-order valence-corrected chi connectivity index (χ1v) is 9.36. The van der Waals surface area contributed by atoms with Gasteiger partial charge in [-0.2, -0.15) is 0 Å². The molecule has 0 saturated carbocycles. The Morgan fingerprint density at radius 2 is 1.69 bits per heavy atom. The maximum absolute atomic E-state index is 13.5. The van der Waals surface area contributed by atoms with Gasteiger partial charge in [0, 0.05) is 35.1 Å². The third-order valence-corrected chi connectivity index (χ3v) is 4.83. The van der Waals surface area contributed by atoms with Gasteiger partial charge in [-0.25, -0.2) is 4.39 Å². The molecule has 1 atom stereocenters. The van der Waals surface area contributed by atoms with Crippen molar-refractivity contribution in [1.82, 2.24) is 4.57 Å². The molecule has 0 radical (unpaired) electrons. The summed E-state index contributed by atoms with van der Waals surface area (Å²) in [5, 5.41) is 12.0. The number of benzene rings is 2. The summed E-state index contributed by atoms with van der Waals surface area (Å²) in [5.41, 5.74) is 4.20. The Hall–Kier alpha value is -3.41. The molecule has 0 aliphatic carbocycles. The Bertz CT molecular complexity index is 1020. The van der Waals surface area contributed by atoms with Crippen LogP contribution in [0, 0.1) is 19.7 Å². The lowest BCUT2D eigenvalue weighted by atomic mass is 9.92. The van der Waals surface area contributed by atoms with Crippen LogP contribution in [-0.4, -0.2) is 21.6 Å². The largest absolute Gasteiger partial charge is 0.481 e. The van der Waals surface area contributed by atoms with E-state index >= 15 is 0 Å². The minimum absolute atomic E-state index is 0.0540. The summed E-state index contributed by atoms with van der Waals surface area (Å²) in [6.45, 7) is 4.02. The number of aromatic nitrogens is 1. The summed E-state index contributed by atoms with van der Waals surface area (Å²) < 4.78 is 15.6. The maximum atomic E-state index is 13.5. The van der Waals surface area contributed by atoms with Crippen LogP contribution in [-0.2, 0) is 9.59 Å². The molecule has 1 heterocycles. The number of amides is 1. The molecule has 0 aliphatic rings. The number of nitrogens with zero attached hydrogens (tertiary/aromatic N) is 1. The van der Waals surface area contributed by atoms with E-state index in [0.717, 1.165) is 17.1 Å². The van der Waals surface area contributed by atoms with E-state index in [0.29, 0.717) is 11.3 Å². The van der Waals surface area contributed by atoms with Crippen LogP contribution in [0.15, 0.2) is 60.7 Å². The highest BCUT2D eigenvalue weighted by Gasteiger charge is 2.20. The van der Waals surface area contributed by atoms with E-state index in [1.54, 1.807) is 12.1 Å². The quantitative estimate of drug-likeness (QED) is 0.603. The standard InChI is InChI=1S/C23H23FN2O3/c1-15-9-10-16(2)26(15)21-8-4-7-20(14-21)25-22(27)12-18(13-23(28)29)17-5-3-6-19(24)11-17/h3-11,14,18H,12-13H2,1-2H3,(H,25,27)(H,28,29). The van der Waals surface area contributed by atoms with Gasteiger partial charge in [0.05, 0.1) is 6.42 Å². The smallest absolute Gasteiger partial charge is 0.303 e. The van der Waals surface area contributed by atoms with Gasteiger partial charge in [0.15, 0.2) is 0 Å². The Morgan fingerprint density at radius 3 is 2.34 bits per heavy atom. The van der Waals surface area contributed by atoms with Crippen LogP contribution in [0.4, 0.5) is 10.1 Å². The van der Waals surface area contributed by atoms with E-state index in [-0.39, 0.29) is 18.7 Å². The van der Waals surface area contributed by atoms with Crippen LogP contribution < -0.4 is 5.32 Å². The monoisotopic (exact) mass is 394 g/mol. The molecule has 6 heteroatoms. The van der Waals surface area contributed by atoms with Gasteiger partial charge in [-0.15, -0.1) is 0 Å². The van der Waals surface area contributed by atoms with Crippen LogP contribution in [0.1, 0.15) is 35.7 Å². The average Bonchev–Trinajstić information content (AvgIpc) is 2.99. The number of carboxylic acids is 1. The molecular weight excluding hydrogens is 371 g/mol. The lowest BCUT2D eigenvalue weighted by molar-refractivity contribution is -0.137. The van der Waals surface area contributed by atoms with Crippen molar-refractivity contribution >= 4 is 17.6 Å². The van der Waals surface area contributed by atoms with Crippen molar-refractivity contribution in [2.75, 3.05) is 5.32 Å². The molecule has 1 unspecified atom stereocenters. The van der Waals surface area contributed by atoms with E-state index in [1.807, 2.05) is 44.2 Å². The van der Waals surface area contributed by atoms with E-state index in [2.05, 4.69) is 9.88 Å². The van der Waals surface area contributed by atoms with Gasteiger partial charge in [0.25, 0.3) is 0 Å². The first kappa shape index (κ1) is 20.3. The number of aliphatic carboxylic acids is 1. The Balaban J connectivity index is 1.77. The molecule has 2 N–H and O–H groups in total. The second-order valence-electron chi connectivity index (χ2n) is 7.10. The minimum Gasteiger partial charge on any atom is -0.481 e. The molecule has 0 spiro atoms. The third kappa shape index (κ3) is 5.10. The number of carbonyl (C=O) groups is 2. The molecule has 0 aliphatic heterocycles. The molecular formula is C23H23FN2O3. The number of hydrogen-bond donors (Lipinski definition) is 2. The molecule has 150 valence electrons. The normalized spacial score (nSPS) is 11.8. The molecule has 0 bridgehead atoms. The van der Waals surface area contributed by atoms with Gasteiger partial charge in [0.1, 0.15) is 5.82 Å². The van der Waals surface area contributed by atoms with E-state index < -0.39 is 17.7 Å². The fraction of sp³-hybridized carbons (Fsp3) is 0.217. The highest BCUT2D eigenvalue weighted by atomic mass is 19.1. The number of carboxylic acid groups (broad SMARTS) is 1. The van der Waals surface area contributed by atoms with Crippen LogP contribution >= 0.6 is 0 Å². The van der Waals surface area contributed by atoms with Gasteiger partial charge in [-0.05, 0) is 61.9 Å². The molecule has 1 amide bonds. The molecule has 3 rings (SSSR count). The fourth-order valence-electron chi connectivity index (χ4n) is 3.51. The van der Waals surface area contributed by atoms with Crippen LogP contribution in [0.25, 0.3) is 5.69 Å². The van der Waals surface area contributed by atoms with Crippen LogP contribution in [0.3, 0.4) is 0 Å². The van der Waals surface area contributed by atoms with Gasteiger partial charge < -0.3 is 15.0 Å². The van der Waals surface area contributed by atoms with Gasteiger partial charge in [-0.1, -0.05) is 18.2 Å². The topological polar surface area (TPSA) is 71.3 Å². The van der Waals surface area contributed by atoms with Crippen LogP contribution in [0.5, 0.6) is 0 Å². The number of halogens is 1. The average molecular weight is 394 g/mol. The number of carbonyl (C=O) groups excluding carboxylic acids is 1. The van der Waals surface area contributed by atoms with Crippen molar-refractivity contribution in [2.24, 2.45) is 0 Å². The highest BCUT2D eigenvalue weighted by molar-refractivity contribution is 5.92. The second-order valence-corrected chi connectivity index (χ2v) is 7.10. The van der Waals surface area contributed by atoms with Crippen molar-refractivity contribution in [3.63, 3.8) is 0 Å². The summed E-state index contributed by atoms with van der Waals surface area (Å²) >= 11 is 0. The Labute approximate surface area is 168 Å². The summed E-state index contributed by atoms with van der Waals surface area (Å²) in [4.78, 5) is 23.8. The summed E-state index contributed by atoms with van der Waals surface area (Å²) in [5.74, 6) is -2.42. The predicted octanol–water partition coefficient (Wildman–Crippen LogP) is 4.82. The molecule has 2 aromatic carbocycles. The molecule has 5 nitrogen and oxygen atoms in total. The number of hydrogen-bond acceptors (Lipinski definition) is 2. The summed E-state index contributed by atoms with van der Waals surface area (Å²) in [6, 6.07) is 17.2. The zero-order valence-electron chi connectivity index (χ0n) is 16.4.